The van der Waals surface area contributed by atoms with E-state index in [2.05, 4.69) is 31.6 Å². The van der Waals surface area contributed by atoms with Crippen LogP contribution in [0, 0.1) is 11.8 Å². The molecule has 11 nitrogen and oxygen atoms in total. The molecule has 1 aromatic carbocycles. The summed E-state index contributed by atoms with van der Waals surface area (Å²) in [4.78, 5) is 71.1. The number of Topliss-reactive ketones (excluding diaryl/α,β-unsaturated/α-hetero) is 1. The Hall–Kier alpha value is -4.28. The van der Waals surface area contributed by atoms with E-state index in [-0.39, 0.29) is 43.4 Å². The first-order valence-electron chi connectivity index (χ1n) is 15.0. The maximum absolute atomic E-state index is 13.8. The molecule has 1 fully saturated rings. The van der Waals surface area contributed by atoms with Crippen molar-refractivity contribution in [1.82, 2.24) is 26.3 Å². The summed E-state index contributed by atoms with van der Waals surface area (Å²) in [6.45, 7) is 7.46. The minimum atomic E-state index is -1.32. The first kappa shape index (κ1) is 33.2. The van der Waals surface area contributed by atoms with Gasteiger partial charge in [-0.25, -0.2) is 4.98 Å². The number of aromatic nitrogens is 1. The summed E-state index contributed by atoms with van der Waals surface area (Å²) < 4.78 is 0. The first-order valence-corrected chi connectivity index (χ1v) is 15.0. The Balaban J connectivity index is 1.89. The molecule has 2 aromatic rings. The van der Waals surface area contributed by atoms with E-state index in [1.165, 1.54) is 0 Å². The molecule has 3 rings (SSSR count). The summed E-state index contributed by atoms with van der Waals surface area (Å²) in [6, 6.07) is 12.4. The second kappa shape index (κ2) is 15.8. The summed E-state index contributed by atoms with van der Waals surface area (Å²) in [6.07, 6.45) is 2.87. The van der Waals surface area contributed by atoms with Gasteiger partial charge in [-0.1, -0.05) is 57.2 Å². The van der Waals surface area contributed by atoms with E-state index in [0.29, 0.717) is 30.8 Å². The number of hydrogen-bond acceptors (Lipinski definition) is 7. The third-order valence-corrected chi connectivity index (χ3v) is 7.69. The third kappa shape index (κ3) is 9.62. The van der Waals surface area contributed by atoms with Crippen molar-refractivity contribution in [3.8, 4) is 0 Å². The van der Waals surface area contributed by atoms with Gasteiger partial charge in [0.15, 0.2) is 5.78 Å². The lowest BCUT2D eigenvalue weighted by atomic mass is 9.84. The highest BCUT2D eigenvalue weighted by atomic mass is 16.2. The number of carbonyl (C=O) groups is 5. The Morgan fingerprint density at radius 3 is 2.37 bits per heavy atom. The highest BCUT2D eigenvalue weighted by Crippen LogP contribution is 2.22. The molecule has 1 aliphatic heterocycles. The number of rotatable bonds is 9. The molecule has 0 spiro atoms. The maximum Gasteiger partial charge on any atom is 0.247 e. The topological polar surface area (TPSA) is 158 Å². The summed E-state index contributed by atoms with van der Waals surface area (Å²) in [5.41, 5.74) is -0.745. The molecule has 0 bridgehead atoms. The zero-order valence-electron chi connectivity index (χ0n) is 25.4. The molecular formula is C32H44N6O5. The van der Waals surface area contributed by atoms with E-state index >= 15 is 0 Å². The standard InChI is InChI=1S/C32H44N6O5/c1-5-24-30(42)37-27(22-12-7-6-8-13-22)31(43)35-19-16-32(4,38-28(40)21(2)3)25(39)20-23(29(41)36-24)14-11-18-34-26-15-9-10-17-33-26/h6-10,12-13,15,17,21,23-24,27H,5,11,14,16,18-20H2,1-4H3,(H,33,34)(H,35,43)(H,36,41)(H,37,42)(H,38,40)/t23-,24+,27-,32-/m1/s1. The van der Waals surface area contributed by atoms with Gasteiger partial charge >= 0.3 is 0 Å². The minimum absolute atomic E-state index is 0.0702. The Morgan fingerprint density at radius 1 is 1.00 bits per heavy atom. The lowest BCUT2D eigenvalue weighted by Crippen LogP contribution is -2.57. The van der Waals surface area contributed by atoms with Crippen molar-refractivity contribution in [1.29, 1.82) is 0 Å². The Kier molecular flexibility index (Phi) is 12.2. The largest absolute Gasteiger partial charge is 0.370 e. The van der Waals surface area contributed by atoms with E-state index in [1.807, 2.05) is 24.3 Å². The van der Waals surface area contributed by atoms with Crippen molar-refractivity contribution >= 4 is 35.2 Å². The quantitative estimate of drug-likeness (QED) is 0.280. The van der Waals surface area contributed by atoms with Crippen molar-refractivity contribution in [2.24, 2.45) is 11.8 Å². The van der Waals surface area contributed by atoms with Gasteiger partial charge < -0.3 is 26.6 Å². The van der Waals surface area contributed by atoms with Crippen LogP contribution in [0.1, 0.15) is 71.4 Å². The summed E-state index contributed by atoms with van der Waals surface area (Å²) in [5.74, 6) is -2.40. The van der Waals surface area contributed by atoms with Crippen LogP contribution in [-0.4, -0.2) is 59.1 Å². The van der Waals surface area contributed by atoms with Crippen LogP contribution in [0.15, 0.2) is 54.7 Å². The van der Waals surface area contributed by atoms with Gasteiger partial charge in [0.05, 0.1) is 5.54 Å². The first-order chi connectivity index (χ1) is 20.5. The Bertz CT molecular complexity index is 1260. The molecule has 11 heteroatoms. The molecule has 232 valence electrons. The number of benzene rings is 1. The van der Waals surface area contributed by atoms with Crippen LogP contribution >= 0.6 is 0 Å². The highest BCUT2D eigenvalue weighted by molar-refractivity contribution is 5.97. The number of amides is 4. The number of hydrogen-bond donors (Lipinski definition) is 5. The van der Waals surface area contributed by atoms with Crippen molar-refractivity contribution in [3.05, 3.63) is 60.3 Å². The molecule has 2 heterocycles. The van der Waals surface area contributed by atoms with Crippen LogP contribution in [-0.2, 0) is 24.0 Å². The average Bonchev–Trinajstić information content (AvgIpc) is 3.00. The molecule has 1 saturated heterocycles. The van der Waals surface area contributed by atoms with E-state index in [4.69, 9.17) is 0 Å². The van der Waals surface area contributed by atoms with Gasteiger partial charge in [-0.2, -0.15) is 0 Å². The third-order valence-electron chi connectivity index (χ3n) is 7.69. The molecule has 5 N–H and O–H groups in total. The minimum Gasteiger partial charge on any atom is -0.370 e. The zero-order valence-corrected chi connectivity index (χ0v) is 25.4. The fourth-order valence-corrected chi connectivity index (χ4v) is 4.86. The number of carbonyl (C=O) groups excluding carboxylic acids is 5. The zero-order chi connectivity index (χ0) is 31.4. The van der Waals surface area contributed by atoms with Crippen LogP contribution in [0.3, 0.4) is 0 Å². The number of ketones is 1. The smallest absolute Gasteiger partial charge is 0.247 e. The van der Waals surface area contributed by atoms with Gasteiger partial charge in [0.25, 0.3) is 0 Å². The predicted octanol–water partition coefficient (Wildman–Crippen LogP) is 2.65. The summed E-state index contributed by atoms with van der Waals surface area (Å²) in [5, 5.41) is 14.5. The molecule has 4 amide bonds. The summed E-state index contributed by atoms with van der Waals surface area (Å²) >= 11 is 0. The molecule has 0 radical (unpaired) electrons. The Labute approximate surface area is 253 Å². The summed E-state index contributed by atoms with van der Waals surface area (Å²) in [7, 11) is 0. The number of pyridine rings is 1. The molecule has 4 atom stereocenters. The molecule has 1 aliphatic rings. The fraction of sp³-hybridized carbons (Fsp3) is 0.500. The number of anilines is 1. The van der Waals surface area contributed by atoms with Gasteiger partial charge in [0.2, 0.25) is 23.6 Å². The van der Waals surface area contributed by atoms with Crippen molar-refractivity contribution in [2.75, 3.05) is 18.4 Å². The lowest BCUT2D eigenvalue weighted by molar-refractivity contribution is -0.137. The van der Waals surface area contributed by atoms with E-state index in [1.54, 1.807) is 58.2 Å². The van der Waals surface area contributed by atoms with Crippen molar-refractivity contribution in [2.45, 2.75) is 77.4 Å². The lowest BCUT2D eigenvalue weighted by Gasteiger charge is -2.33. The van der Waals surface area contributed by atoms with Gasteiger partial charge in [-0.3, -0.25) is 24.0 Å². The van der Waals surface area contributed by atoms with E-state index in [9.17, 15) is 24.0 Å². The van der Waals surface area contributed by atoms with E-state index in [0.717, 1.165) is 0 Å². The highest BCUT2D eigenvalue weighted by Gasteiger charge is 2.38. The van der Waals surface area contributed by atoms with Gasteiger partial charge in [0, 0.05) is 37.5 Å². The van der Waals surface area contributed by atoms with Crippen molar-refractivity contribution < 1.29 is 24.0 Å². The fourth-order valence-electron chi connectivity index (χ4n) is 4.86. The maximum atomic E-state index is 13.8. The van der Waals surface area contributed by atoms with Crippen LogP contribution in [0.2, 0.25) is 0 Å². The van der Waals surface area contributed by atoms with Crippen molar-refractivity contribution in [3.63, 3.8) is 0 Å². The molecule has 0 saturated carbocycles. The van der Waals surface area contributed by atoms with Crippen LogP contribution < -0.4 is 26.6 Å². The molecule has 0 unspecified atom stereocenters. The normalized spacial score (nSPS) is 23.9. The molecular weight excluding hydrogens is 548 g/mol. The molecule has 1 aromatic heterocycles. The van der Waals surface area contributed by atoms with Gasteiger partial charge in [0.1, 0.15) is 17.9 Å². The second-order valence-electron chi connectivity index (χ2n) is 11.4. The van der Waals surface area contributed by atoms with E-state index < -0.39 is 41.3 Å². The Morgan fingerprint density at radius 2 is 1.72 bits per heavy atom. The van der Waals surface area contributed by atoms with Gasteiger partial charge in [-0.05, 0) is 50.3 Å². The SMILES string of the molecule is CC[C@@H]1NC(=O)[C@H](CCCNc2ccccn2)CC(=O)[C@](C)(NC(=O)C(C)C)CCNC(=O)[C@@H](c2ccccc2)NC1=O. The molecule has 43 heavy (non-hydrogen) atoms. The number of nitrogens with zero attached hydrogens (tertiary/aromatic N) is 1. The monoisotopic (exact) mass is 592 g/mol. The second-order valence-corrected chi connectivity index (χ2v) is 11.4. The number of nitrogens with one attached hydrogen (secondary N) is 5. The molecule has 0 aliphatic carbocycles. The predicted molar refractivity (Wildman–Crippen MR) is 164 cm³/mol. The average molecular weight is 593 g/mol. The van der Waals surface area contributed by atoms with Gasteiger partial charge in [-0.15, -0.1) is 0 Å². The van der Waals surface area contributed by atoms with Crippen LogP contribution in [0.5, 0.6) is 0 Å². The van der Waals surface area contributed by atoms with Crippen LogP contribution in [0.4, 0.5) is 5.82 Å². The van der Waals surface area contributed by atoms with Crippen LogP contribution in [0.25, 0.3) is 0 Å².